The summed E-state index contributed by atoms with van der Waals surface area (Å²) in [6, 6.07) is 61.6. The van der Waals surface area contributed by atoms with E-state index in [4.69, 9.17) is 9.40 Å². The van der Waals surface area contributed by atoms with Crippen LogP contribution in [0.2, 0.25) is 0 Å². The summed E-state index contributed by atoms with van der Waals surface area (Å²) in [6.07, 6.45) is 0. The van der Waals surface area contributed by atoms with E-state index in [1.165, 1.54) is 20.2 Å². The highest BCUT2D eigenvalue weighted by Gasteiger charge is 2.31. The molecule has 0 unspecified atom stereocenters. The monoisotopic (exact) mass is 703 g/mol. The van der Waals surface area contributed by atoms with Crippen molar-refractivity contribution in [3.63, 3.8) is 0 Å². The number of aromatic nitrogens is 1. The van der Waals surface area contributed by atoms with E-state index in [2.05, 4.69) is 91.0 Å². The number of hydrogen-bond acceptors (Lipinski definition) is 4. The summed E-state index contributed by atoms with van der Waals surface area (Å²) in [5.74, 6) is 0.796. The van der Waals surface area contributed by atoms with Gasteiger partial charge in [0.15, 0.2) is 7.14 Å². The Morgan fingerprint density at radius 1 is 0.500 bits per heavy atom. The molecule has 0 N–H and O–H groups in total. The molecule has 0 fully saturated rings. The van der Waals surface area contributed by atoms with Crippen LogP contribution < -0.4 is 15.9 Å². The highest BCUT2D eigenvalue weighted by Crippen LogP contribution is 2.50. The second-order valence-corrected chi connectivity index (χ2v) is 16.8. The van der Waals surface area contributed by atoms with E-state index in [1.807, 2.05) is 91.0 Å². The summed E-state index contributed by atoms with van der Waals surface area (Å²) in [5, 5.41) is 6.76. The van der Waals surface area contributed by atoms with Crippen LogP contribution in [0.5, 0.6) is 0 Å². The maximum absolute atomic E-state index is 15.3. The number of benzene rings is 7. The van der Waals surface area contributed by atoms with Gasteiger partial charge in [-0.3, -0.25) is 0 Å². The van der Waals surface area contributed by atoms with E-state index in [0.717, 1.165) is 71.5 Å². The average molecular weight is 704 g/mol. The third kappa shape index (κ3) is 4.80. The SMILES string of the molecule is O=P(c1ccccc1)(c1ccccc1)c1ccc(-c2c(-c3cccc4c3sc3ccccc34)oc3c2c(-c2ccccc2)nc2ccccc23)cc1. The summed E-state index contributed by atoms with van der Waals surface area (Å²) in [6.45, 7) is 0. The minimum Gasteiger partial charge on any atom is -0.455 e. The Balaban J connectivity index is 1.28. The second kappa shape index (κ2) is 12.3. The predicted octanol–water partition coefficient (Wildman–Crippen LogP) is 12.0. The Bertz CT molecular complexity index is 2930. The van der Waals surface area contributed by atoms with Crippen LogP contribution in [0.3, 0.4) is 0 Å². The van der Waals surface area contributed by atoms with E-state index >= 15 is 4.57 Å². The van der Waals surface area contributed by atoms with Crippen molar-refractivity contribution in [1.82, 2.24) is 4.98 Å². The first-order valence-corrected chi connectivity index (χ1v) is 19.8. The van der Waals surface area contributed by atoms with Crippen molar-refractivity contribution in [2.75, 3.05) is 0 Å². The van der Waals surface area contributed by atoms with Gasteiger partial charge in [-0.05, 0) is 29.8 Å². The van der Waals surface area contributed by atoms with Gasteiger partial charge in [0.25, 0.3) is 0 Å². The van der Waals surface area contributed by atoms with Crippen molar-refractivity contribution in [3.8, 4) is 33.7 Å². The number of hydrogen-bond donors (Lipinski definition) is 0. The third-order valence-electron chi connectivity index (χ3n) is 9.98. The molecule has 5 heteroatoms. The highest BCUT2D eigenvalue weighted by molar-refractivity contribution is 7.85. The average Bonchev–Trinajstić information content (AvgIpc) is 3.81. The van der Waals surface area contributed by atoms with Gasteiger partial charge in [0.1, 0.15) is 11.3 Å². The summed E-state index contributed by atoms with van der Waals surface area (Å²) in [5.41, 5.74) is 6.54. The molecule has 0 radical (unpaired) electrons. The van der Waals surface area contributed by atoms with Gasteiger partial charge in [-0.15, -0.1) is 11.3 Å². The first-order chi connectivity index (χ1) is 25.7. The number of fused-ring (bicyclic) bond motifs is 6. The maximum atomic E-state index is 15.3. The zero-order chi connectivity index (χ0) is 34.6. The van der Waals surface area contributed by atoms with Crippen LogP contribution in [0, 0.1) is 0 Å². The molecule has 52 heavy (non-hydrogen) atoms. The van der Waals surface area contributed by atoms with Gasteiger partial charge in [-0.2, -0.15) is 0 Å². The molecule has 10 aromatic rings. The van der Waals surface area contributed by atoms with Gasteiger partial charge < -0.3 is 8.98 Å². The van der Waals surface area contributed by atoms with Gasteiger partial charge in [-0.1, -0.05) is 158 Å². The molecule has 7 aromatic carbocycles. The van der Waals surface area contributed by atoms with Gasteiger partial charge in [-0.25, -0.2) is 4.98 Å². The van der Waals surface area contributed by atoms with Gasteiger partial charge in [0, 0.05) is 58.2 Å². The molecule has 246 valence electrons. The van der Waals surface area contributed by atoms with E-state index in [9.17, 15) is 0 Å². The van der Waals surface area contributed by atoms with Crippen LogP contribution in [0.4, 0.5) is 0 Å². The number of para-hydroxylation sites is 1. The summed E-state index contributed by atoms with van der Waals surface area (Å²) in [4.78, 5) is 5.30. The highest BCUT2D eigenvalue weighted by atomic mass is 32.1. The molecule has 0 atom stereocenters. The number of furan rings is 1. The quantitative estimate of drug-likeness (QED) is 0.162. The molecule has 10 rings (SSSR count). The normalized spacial score (nSPS) is 11.9. The first kappa shape index (κ1) is 30.7. The number of thiophene rings is 1. The van der Waals surface area contributed by atoms with E-state index in [1.54, 1.807) is 11.3 Å². The molecule has 3 aromatic heterocycles. The smallest absolute Gasteiger partial charge is 0.171 e. The zero-order valence-electron chi connectivity index (χ0n) is 27.9. The van der Waals surface area contributed by atoms with E-state index < -0.39 is 7.14 Å². The van der Waals surface area contributed by atoms with Crippen molar-refractivity contribution in [2.24, 2.45) is 0 Å². The Labute approximate surface area is 304 Å². The number of rotatable bonds is 6. The first-order valence-electron chi connectivity index (χ1n) is 17.3. The molecule has 0 aliphatic rings. The molecule has 0 amide bonds. The second-order valence-electron chi connectivity index (χ2n) is 13.0. The van der Waals surface area contributed by atoms with Gasteiger partial charge in [0.05, 0.1) is 16.6 Å². The van der Waals surface area contributed by atoms with Crippen molar-refractivity contribution in [3.05, 3.63) is 182 Å². The molecule has 0 bridgehead atoms. The zero-order valence-corrected chi connectivity index (χ0v) is 29.7. The molecule has 0 aliphatic carbocycles. The largest absolute Gasteiger partial charge is 0.455 e. The fourth-order valence-electron chi connectivity index (χ4n) is 7.54. The van der Waals surface area contributed by atoms with Crippen molar-refractivity contribution < 1.29 is 8.98 Å². The van der Waals surface area contributed by atoms with Crippen LogP contribution >= 0.6 is 18.5 Å². The predicted molar refractivity (Wildman–Crippen MR) is 220 cm³/mol. The molecule has 0 saturated carbocycles. The van der Waals surface area contributed by atoms with Crippen LogP contribution in [0.15, 0.2) is 186 Å². The lowest BCUT2D eigenvalue weighted by molar-refractivity contribution is 0.592. The topological polar surface area (TPSA) is 43.1 Å². The van der Waals surface area contributed by atoms with Crippen LogP contribution in [-0.2, 0) is 4.57 Å². The molecule has 0 saturated heterocycles. The number of nitrogens with zero attached hydrogens (tertiary/aromatic N) is 1. The minimum atomic E-state index is -3.16. The summed E-state index contributed by atoms with van der Waals surface area (Å²) < 4.78 is 24.9. The minimum absolute atomic E-state index is 0.779. The molecule has 0 spiro atoms. The molecule has 3 nitrogen and oxygen atoms in total. The fourth-order valence-corrected chi connectivity index (χ4v) is 11.4. The fraction of sp³-hybridized carbons (Fsp3) is 0. The van der Waals surface area contributed by atoms with Gasteiger partial charge in [0.2, 0.25) is 0 Å². The van der Waals surface area contributed by atoms with Crippen LogP contribution in [0.1, 0.15) is 0 Å². The Morgan fingerprint density at radius 2 is 1.08 bits per heavy atom. The standard InChI is InChI=1S/C47H30NO2PS/c49-51(33-17-6-2-7-18-33,34-19-8-3-9-20-34)35-29-27-31(28-30-35)42-43-44(32-15-4-1-5-16-32)48-40-25-12-10-22-38(40)45(43)50-46(42)39-24-14-23-37-36-21-11-13-26-41(36)52-47(37)39/h1-30H. The van der Waals surface area contributed by atoms with E-state index in [-0.39, 0.29) is 0 Å². The third-order valence-corrected chi connectivity index (χ3v) is 14.3. The van der Waals surface area contributed by atoms with Crippen molar-refractivity contribution >= 4 is 76.4 Å². The van der Waals surface area contributed by atoms with Crippen LogP contribution in [-0.4, -0.2) is 4.98 Å². The lowest BCUT2D eigenvalue weighted by atomic mass is 9.94. The molecular weight excluding hydrogens is 674 g/mol. The van der Waals surface area contributed by atoms with E-state index in [0.29, 0.717) is 0 Å². The lowest BCUT2D eigenvalue weighted by Crippen LogP contribution is -2.24. The number of pyridine rings is 1. The Morgan fingerprint density at radius 3 is 1.79 bits per heavy atom. The lowest BCUT2D eigenvalue weighted by Gasteiger charge is -2.20. The van der Waals surface area contributed by atoms with Crippen LogP contribution in [0.25, 0.3) is 75.8 Å². The molecule has 0 aliphatic heterocycles. The maximum Gasteiger partial charge on any atom is 0.171 e. The Hall–Kier alpha value is -6.06. The van der Waals surface area contributed by atoms with Crippen molar-refractivity contribution in [1.29, 1.82) is 0 Å². The van der Waals surface area contributed by atoms with Gasteiger partial charge >= 0.3 is 0 Å². The summed E-state index contributed by atoms with van der Waals surface area (Å²) in [7, 11) is -3.16. The van der Waals surface area contributed by atoms with Crippen molar-refractivity contribution in [2.45, 2.75) is 0 Å². The Kier molecular flexibility index (Phi) is 7.28. The summed E-state index contributed by atoms with van der Waals surface area (Å²) >= 11 is 1.79. The molecular formula is C47H30NO2PS. The molecule has 3 heterocycles.